The van der Waals surface area contributed by atoms with E-state index in [4.69, 9.17) is 4.74 Å². The maximum Gasteiger partial charge on any atom is 0.342 e. The molecule has 0 unspecified atom stereocenters. The van der Waals surface area contributed by atoms with E-state index >= 15 is 0 Å². The van der Waals surface area contributed by atoms with Gasteiger partial charge in [-0.1, -0.05) is 26.0 Å². The summed E-state index contributed by atoms with van der Waals surface area (Å²) in [6.07, 6.45) is 1.33. The molecule has 0 aliphatic heterocycles. The second kappa shape index (κ2) is 7.74. The molecule has 0 saturated carbocycles. The Balaban J connectivity index is 2.07. The summed E-state index contributed by atoms with van der Waals surface area (Å²) in [7, 11) is 0. The van der Waals surface area contributed by atoms with Crippen molar-refractivity contribution in [3.63, 3.8) is 0 Å². The van der Waals surface area contributed by atoms with Crippen LogP contribution in [0.1, 0.15) is 55.2 Å². The number of benzene rings is 1. The average molecular weight is 363 g/mol. The lowest BCUT2D eigenvalue weighted by molar-refractivity contribution is 0.0379. The molecular formula is C22H25N3O2. The maximum absolute atomic E-state index is 12.6. The highest BCUT2D eigenvalue weighted by Gasteiger charge is 2.19. The quantitative estimate of drug-likeness (QED) is 0.617. The van der Waals surface area contributed by atoms with E-state index in [1.807, 2.05) is 45.0 Å². The number of carbonyl (C=O) groups is 1. The van der Waals surface area contributed by atoms with E-state index in [1.54, 1.807) is 0 Å². The lowest BCUT2D eigenvalue weighted by atomic mass is 10.0. The van der Waals surface area contributed by atoms with Crippen molar-refractivity contribution in [3.05, 3.63) is 59.4 Å². The minimum Gasteiger partial charge on any atom is -0.459 e. The minimum atomic E-state index is -0.402. The summed E-state index contributed by atoms with van der Waals surface area (Å²) < 4.78 is 5.40. The molecular weight excluding hydrogens is 338 g/mol. The van der Waals surface area contributed by atoms with E-state index in [2.05, 4.69) is 41.3 Å². The zero-order valence-electron chi connectivity index (χ0n) is 16.4. The normalized spacial score (nSPS) is 11.2. The zero-order chi connectivity index (χ0) is 19.6. The zero-order valence-corrected chi connectivity index (χ0v) is 16.4. The molecule has 140 valence electrons. The summed E-state index contributed by atoms with van der Waals surface area (Å²) in [4.78, 5) is 21.4. The summed E-state index contributed by atoms with van der Waals surface area (Å²) >= 11 is 0. The molecule has 27 heavy (non-hydrogen) atoms. The van der Waals surface area contributed by atoms with Gasteiger partial charge in [-0.2, -0.15) is 0 Å². The summed E-state index contributed by atoms with van der Waals surface area (Å²) in [5.41, 5.74) is 4.69. The Morgan fingerprint density at radius 2 is 1.74 bits per heavy atom. The number of aryl methyl sites for hydroxylation is 1. The summed E-state index contributed by atoms with van der Waals surface area (Å²) in [6, 6.07) is 12.0. The molecule has 0 fully saturated rings. The first-order valence-corrected chi connectivity index (χ1v) is 9.19. The van der Waals surface area contributed by atoms with Crippen molar-refractivity contribution in [2.45, 2.75) is 46.6 Å². The highest BCUT2D eigenvalue weighted by molar-refractivity contribution is 6.05. The smallest absolute Gasteiger partial charge is 0.342 e. The molecule has 0 saturated heterocycles. The Labute approximate surface area is 159 Å². The first-order valence-electron chi connectivity index (χ1n) is 9.19. The molecule has 2 aromatic heterocycles. The van der Waals surface area contributed by atoms with Crippen molar-refractivity contribution in [1.29, 1.82) is 0 Å². The van der Waals surface area contributed by atoms with Crippen LogP contribution >= 0.6 is 0 Å². The number of nitrogens with zero attached hydrogens (tertiary/aromatic N) is 2. The van der Waals surface area contributed by atoms with Crippen LogP contribution in [0.5, 0.6) is 0 Å². The highest BCUT2D eigenvalue weighted by atomic mass is 16.5. The molecule has 5 nitrogen and oxygen atoms in total. The van der Waals surface area contributed by atoms with Crippen molar-refractivity contribution in [3.8, 4) is 0 Å². The van der Waals surface area contributed by atoms with Crippen LogP contribution in [-0.2, 0) is 4.74 Å². The van der Waals surface area contributed by atoms with Gasteiger partial charge in [-0.15, -0.1) is 0 Å². The molecule has 0 aliphatic carbocycles. The van der Waals surface area contributed by atoms with Crippen LogP contribution in [0.4, 0.5) is 11.4 Å². The number of nitrogens with one attached hydrogen (secondary N) is 1. The molecule has 0 bridgehead atoms. The van der Waals surface area contributed by atoms with Crippen LogP contribution in [0.2, 0.25) is 0 Å². The summed E-state index contributed by atoms with van der Waals surface area (Å²) in [5, 5.41) is 4.16. The third-order valence-electron chi connectivity index (χ3n) is 4.28. The number of hydrogen-bond acceptors (Lipinski definition) is 5. The summed E-state index contributed by atoms with van der Waals surface area (Å²) in [6.45, 7) is 9.89. The Morgan fingerprint density at radius 1 is 1.04 bits per heavy atom. The number of aromatic nitrogens is 2. The predicted octanol–water partition coefficient (Wildman–Crippen LogP) is 5.37. The molecule has 1 N–H and O–H groups in total. The number of fused-ring (bicyclic) bond motifs is 1. The van der Waals surface area contributed by atoms with Gasteiger partial charge in [0.05, 0.1) is 11.8 Å². The van der Waals surface area contributed by atoms with Crippen LogP contribution in [-0.4, -0.2) is 22.0 Å². The number of rotatable bonds is 5. The molecule has 3 rings (SSSR count). The van der Waals surface area contributed by atoms with Gasteiger partial charge in [-0.25, -0.2) is 14.8 Å². The lowest BCUT2D eigenvalue weighted by Gasteiger charge is -2.16. The van der Waals surface area contributed by atoms with Crippen molar-refractivity contribution in [2.24, 2.45) is 0 Å². The number of pyridine rings is 2. The van der Waals surface area contributed by atoms with E-state index in [0.29, 0.717) is 22.8 Å². The monoisotopic (exact) mass is 363 g/mol. The number of hydrogen-bond donors (Lipinski definition) is 1. The minimum absolute atomic E-state index is 0.206. The number of esters is 1. The van der Waals surface area contributed by atoms with Crippen molar-refractivity contribution < 1.29 is 9.53 Å². The molecule has 0 atom stereocenters. The largest absolute Gasteiger partial charge is 0.459 e. The maximum atomic E-state index is 12.6. The SMILES string of the molecule is Cc1ccc2c(Nc3ccc(C(C)C)cc3)c(C(=O)OC(C)C)cnc2n1. The van der Waals surface area contributed by atoms with Crippen LogP contribution in [0.25, 0.3) is 11.0 Å². The Bertz CT molecular complexity index is 963. The van der Waals surface area contributed by atoms with E-state index in [9.17, 15) is 4.79 Å². The fourth-order valence-electron chi connectivity index (χ4n) is 2.83. The molecule has 1 aromatic carbocycles. The van der Waals surface area contributed by atoms with E-state index < -0.39 is 5.97 Å². The van der Waals surface area contributed by atoms with E-state index in [0.717, 1.165) is 16.8 Å². The van der Waals surface area contributed by atoms with Crippen LogP contribution in [0, 0.1) is 6.92 Å². The van der Waals surface area contributed by atoms with Gasteiger partial charge in [0.1, 0.15) is 5.56 Å². The Hall–Kier alpha value is -2.95. The van der Waals surface area contributed by atoms with Gasteiger partial charge in [0, 0.05) is 23.0 Å². The molecule has 0 amide bonds. The van der Waals surface area contributed by atoms with Crippen molar-refractivity contribution in [1.82, 2.24) is 9.97 Å². The molecule has 2 heterocycles. The van der Waals surface area contributed by atoms with Gasteiger partial charge >= 0.3 is 5.97 Å². The molecule has 0 aliphatic rings. The van der Waals surface area contributed by atoms with Crippen LogP contribution in [0.3, 0.4) is 0 Å². The van der Waals surface area contributed by atoms with Crippen molar-refractivity contribution >= 4 is 28.4 Å². The summed E-state index contributed by atoms with van der Waals surface area (Å²) in [5.74, 6) is 0.0610. The molecule has 3 aromatic rings. The van der Waals surface area contributed by atoms with Gasteiger partial charge in [-0.05, 0) is 56.5 Å². The topological polar surface area (TPSA) is 64.1 Å². The third-order valence-corrected chi connectivity index (χ3v) is 4.28. The van der Waals surface area contributed by atoms with E-state index in [-0.39, 0.29) is 6.10 Å². The third kappa shape index (κ3) is 4.25. The number of anilines is 2. The predicted molar refractivity (Wildman–Crippen MR) is 109 cm³/mol. The molecule has 0 radical (unpaired) electrons. The molecule has 0 spiro atoms. The van der Waals surface area contributed by atoms with Gasteiger partial charge < -0.3 is 10.1 Å². The van der Waals surface area contributed by atoms with E-state index in [1.165, 1.54) is 11.8 Å². The fourth-order valence-corrected chi connectivity index (χ4v) is 2.83. The highest BCUT2D eigenvalue weighted by Crippen LogP contribution is 2.30. The first-order chi connectivity index (χ1) is 12.8. The standard InChI is InChI=1S/C22H25N3O2/c1-13(2)16-7-9-17(10-8-16)25-20-18-11-6-15(5)24-21(18)23-12-19(20)22(26)27-14(3)4/h6-14H,1-5H3,(H,23,24,25). The fraction of sp³-hybridized carbons (Fsp3) is 0.318. The lowest BCUT2D eigenvalue weighted by Crippen LogP contribution is -2.14. The average Bonchev–Trinajstić information content (AvgIpc) is 2.61. The first kappa shape index (κ1) is 18.8. The van der Waals surface area contributed by atoms with Gasteiger partial charge in [0.2, 0.25) is 0 Å². The van der Waals surface area contributed by atoms with Gasteiger partial charge in [0.25, 0.3) is 0 Å². The van der Waals surface area contributed by atoms with Crippen LogP contribution in [0.15, 0.2) is 42.6 Å². The molecule has 5 heteroatoms. The number of ether oxygens (including phenoxy) is 1. The van der Waals surface area contributed by atoms with Crippen molar-refractivity contribution in [2.75, 3.05) is 5.32 Å². The van der Waals surface area contributed by atoms with Gasteiger partial charge in [-0.3, -0.25) is 0 Å². The van der Waals surface area contributed by atoms with Gasteiger partial charge in [0.15, 0.2) is 5.65 Å². The Kier molecular flexibility index (Phi) is 5.40. The second-order valence-corrected chi connectivity index (χ2v) is 7.23. The Morgan fingerprint density at radius 3 is 2.37 bits per heavy atom. The second-order valence-electron chi connectivity index (χ2n) is 7.23. The van der Waals surface area contributed by atoms with Crippen LogP contribution < -0.4 is 5.32 Å². The number of carbonyl (C=O) groups excluding carboxylic acids is 1.